The van der Waals surface area contributed by atoms with Gasteiger partial charge >= 0.3 is 0 Å². The average molecular weight is 237 g/mol. The maximum atomic E-state index is 12.0. The molecule has 4 heteroatoms. The molecule has 16 heavy (non-hydrogen) atoms. The number of nitrogens with zero attached hydrogens (tertiary/aromatic N) is 2. The van der Waals surface area contributed by atoms with Gasteiger partial charge in [-0.05, 0) is 25.1 Å². The highest BCUT2D eigenvalue weighted by Crippen LogP contribution is 2.13. The number of hydrogen-bond donors (Lipinski definition) is 0. The van der Waals surface area contributed by atoms with E-state index in [1.54, 1.807) is 36.2 Å². The van der Waals surface area contributed by atoms with Gasteiger partial charge < -0.3 is 4.90 Å². The SMILES string of the molecule is CC(CC#N)N(C)C(=O)c1cccc(Cl)c1. The van der Waals surface area contributed by atoms with Gasteiger partial charge in [-0.3, -0.25) is 4.79 Å². The van der Waals surface area contributed by atoms with Crippen molar-refractivity contribution in [3.8, 4) is 6.07 Å². The van der Waals surface area contributed by atoms with E-state index in [1.807, 2.05) is 13.0 Å². The molecule has 3 nitrogen and oxygen atoms in total. The first kappa shape index (κ1) is 12.5. The van der Waals surface area contributed by atoms with Crippen molar-refractivity contribution in [2.75, 3.05) is 7.05 Å². The zero-order valence-electron chi connectivity index (χ0n) is 9.27. The van der Waals surface area contributed by atoms with E-state index in [9.17, 15) is 4.79 Å². The Morgan fingerprint density at radius 1 is 1.62 bits per heavy atom. The third kappa shape index (κ3) is 2.98. The van der Waals surface area contributed by atoms with E-state index in [1.165, 1.54) is 0 Å². The number of carbonyl (C=O) groups is 1. The van der Waals surface area contributed by atoms with Crippen LogP contribution in [0.4, 0.5) is 0 Å². The fourth-order valence-electron chi connectivity index (χ4n) is 1.29. The average Bonchev–Trinajstić information content (AvgIpc) is 2.27. The van der Waals surface area contributed by atoms with E-state index < -0.39 is 0 Å². The maximum Gasteiger partial charge on any atom is 0.253 e. The number of hydrogen-bond acceptors (Lipinski definition) is 2. The summed E-state index contributed by atoms with van der Waals surface area (Å²) in [4.78, 5) is 13.5. The minimum atomic E-state index is -0.120. The van der Waals surface area contributed by atoms with Gasteiger partial charge in [-0.2, -0.15) is 5.26 Å². The fraction of sp³-hybridized carbons (Fsp3) is 0.333. The monoisotopic (exact) mass is 236 g/mol. The van der Waals surface area contributed by atoms with Gasteiger partial charge in [-0.25, -0.2) is 0 Å². The predicted molar refractivity (Wildman–Crippen MR) is 63.2 cm³/mol. The third-order valence-electron chi connectivity index (χ3n) is 2.44. The van der Waals surface area contributed by atoms with E-state index in [4.69, 9.17) is 16.9 Å². The van der Waals surface area contributed by atoms with E-state index in [0.29, 0.717) is 17.0 Å². The van der Waals surface area contributed by atoms with Crippen LogP contribution in [0.15, 0.2) is 24.3 Å². The number of halogens is 1. The van der Waals surface area contributed by atoms with Gasteiger partial charge in [0.1, 0.15) is 0 Å². The molecule has 0 spiro atoms. The lowest BCUT2D eigenvalue weighted by atomic mass is 10.1. The molecule has 0 aliphatic heterocycles. The van der Waals surface area contributed by atoms with Crippen molar-refractivity contribution in [2.24, 2.45) is 0 Å². The zero-order valence-corrected chi connectivity index (χ0v) is 10.0. The van der Waals surface area contributed by atoms with Crippen molar-refractivity contribution in [2.45, 2.75) is 19.4 Å². The fourth-order valence-corrected chi connectivity index (χ4v) is 1.48. The van der Waals surface area contributed by atoms with Gasteiger partial charge in [0.05, 0.1) is 12.5 Å². The Balaban J connectivity index is 2.82. The van der Waals surface area contributed by atoms with Crippen LogP contribution >= 0.6 is 11.6 Å². The molecule has 1 aromatic rings. The molecule has 1 rings (SSSR count). The highest BCUT2D eigenvalue weighted by molar-refractivity contribution is 6.30. The maximum absolute atomic E-state index is 12.0. The predicted octanol–water partition coefficient (Wildman–Crippen LogP) is 2.71. The number of rotatable bonds is 3. The summed E-state index contributed by atoms with van der Waals surface area (Å²) in [5.41, 5.74) is 0.541. The van der Waals surface area contributed by atoms with E-state index in [2.05, 4.69) is 0 Å². The molecule has 0 radical (unpaired) electrons. The molecule has 1 unspecified atom stereocenters. The molecule has 1 atom stereocenters. The minimum absolute atomic E-state index is 0.100. The van der Waals surface area contributed by atoms with Gasteiger partial charge in [-0.1, -0.05) is 17.7 Å². The van der Waals surface area contributed by atoms with Crippen LogP contribution in [-0.2, 0) is 0 Å². The Bertz CT molecular complexity index is 425. The number of amides is 1. The van der Waals surface area contributed by atoms with Crippen LogP contribution in [0.1, 0.15) is 23.7 Å². The van der Waals surface area contributed by atoms with Crippen molar-refractivity contribution in [1.82, 2.24) is 4.90 Å². The molecule has 1 aromatic carbocycles. The van der Waals surface area contributed by atoms with E-state index in [0.717, 1.165) is 0 Å². The largest absolute Gasteiger partial charge is 0.338 e. The summed E-state index contributed by atoms with van der Waals surface area (Å²) < 4.78 is 0. The number of carbonyl (C=O) groups excluding carboxylic acids is 1. The van der Waals surface area contributed by atoms with Crippen LogP contribution < -0.4 is 0 Å². The Hall–Kier alpha value is -1.53. The van der Waals surface area contributed by atoms with Crippen LogP contribution in [0, 0.1) is 11.3 Å². The van der Waals surface area contributed by atoms with Gasteiger partial charge in [0.15, 0.2) is 0 Å². The lowest BCUT2D eigenvalue weighted by Crippen LogP contribution is -2.34. The van der Waals surface area contributed by atoms with Crippen molar-refractivity contribution < 1.29 is 4.79 Å². The Labute approximate surface area is 100 Å². The second kappa shape index (κ2) is 5.53. The van der Waals surface area contributed by atoms with Crippen molar-refractivity contribution in [1.29, 1.82) is 5.26 Å². The highest BCUT2D eigenvalue weighted by atomic mass is 35.5. The second-order valence-electron chi connectivity index (χ2n) is 3.64. The standard InChI is InChI=1S/C12H13ClN2O/c1-9(6-7-14)15(2)12(16)10-4-3-5-11(13)8-10/h3-5,8-9H,6H2,1-2H3. The van der Waals surface area contributed by atoms with Crippen molar-refractivity contribution >= 4 is 17.5 Å². The van der Waals surface area contributed by atoms with Gasteiger partial charge in [0, 0.05) is 23.7 Å². The van der Waals surface area contributed by atoms with Gasteiger partial charge in [0.25, 0.3) is 5.91 Å². The van der Waals surface area contributed by atoms with Gasteiger partial charge in [0.2, 0.25) is 0 Å². The first-order chi connectivity index (χ1) is 7.56. The summed E-state index contributed by atoms with van der Waals surface area (Å²) in [6, 6.07) is 8.74. The van der Waals surface area contributed by atoms with E-state index in [-0.39, 0.29) is 11.9 Å². The smallest absolute Gasteiger partial charge is 0.253 e. The summed E-state index contributed by atoms with van der Waals surface area (Å²) in [6.07, 6.45) is 0.322. The normalized spacial score (nSPS) is 11.6. The summed E-state index contributed by atoms with van der Waals surface area (Å²) in [5.74, 6) is -0.120. The zero-order chi connectivity index (χ0) is 12.1. The molecule has 0 heterocycles. The summed E-state index contributed by atoms with van der Waals surface area (Å²) >= 11 is 5.81. The van der Waals surface area contributed by atoms with Crippen LogP contribution in [0.2, 0.25) is 5.02 Å². The summed E-state index contributed by atoms with van der Waals surface area (Å²) in [7, 11) is 1.69. The lowest BCUT2D eigenvalue weighted by Gasteiger charge is -2.22. The minimum Gasteiger partial charge on any atom is -0.338 e. The summed E-state index contributed by atoms with van der Waals surface area (Å²) in [5, 5.41) is 9.11. The molecule has 0 saturated heterocycles. The molecular weight excluding hydrogens is 224 g/mol. The molecule has 1 amide bonds. The van der Waals surface area contributed by atoms with E-state index >= 15 is 0 Å². The Morgan fingerprint density at radius 2 is 2.31 bits per heavy atom. The van der Waals surface area contributed by atoms with Gasteiger partial charge in [-0.15, -0.1) is 0 Å². The summed E-state index contributed by atoms with van der Waals surface area (Å²) in [6.45, 7) is 1.84. The Morgan fingerprint density at radius 3 is 2.88 bits per heavy atom. The molecule has 0 saturated carbocycles. The first-order valence-corrected chi connectivity index (χ1v) is 5.33. The molecule has 0 aliphatic carbocycles. The number of nitriles is 1. The van der Waals surface area contributed by atoms with Crippen molar-refractivity contribution in [3.63, 3.8) is 0 Å². The van der Waals surface area contributed by atoms with Crippen molar-refractivity contribution in [3.05, 3.63) is 34.9 Å². The highest BCUT2D eigenvalue weighted by Gasteiger charge is 2.17. The first-order valence-electron chi connectivity index (χ1n) is 4.96. The quantitative estimate of drug-likeness (QED) is 0.810. The molecule has 0 bridgehead atoms. The molecule has 84 valence electrons. The molecule has 0 fully saturated rings. The third-order valence-corrected chi connectivity index (χ3v) is 2.67. The second-order valence-corrected chi connectivity index (χ2v) is 4.07. The molecule has 0 N–H and O–H groups in total. The van der Waals surface area contributed by atoms with Crippen LogP contribution in [0.3, 0.4) is 0 Å². The Kier molecular flexibility index (Phi) is 4.33. The van der Waals surface area contributed by atoms with Crippen LogP contribution in [-0.4, -0.2) is 23.9 Å². The van der Waals surface area contributed by atoms with Crippen LogP contribution in [0.25, 0.3) is 0 Å². The molecule has 0 aromatic heterocycles. The lowest BCUT2D eigenvalue weighted by molar-refractivity contribution is 0.0746. The van der Waals surface area contributed by atoms with Crippen LogP contribution in [0.5, 0.6) is 0 Å². The number of benzene rings is 1. The molecule has 0 aliphatic rings. The molecular formula is C12H13ClN2O. The topological polar surface area (TPSA) is 44.1 Å².